The molecule has 0 aliphatic rings. The van der Waals surface area contributed by atoms with Gasteiger partial charge in [0.05, 0.1) is 12.1 Å². The summed E-state index contributed by atoms with van der Waals surface area (Å²) in [5.74, 6) is -0.103. The van der Waals surface area contributed by atoms with Gasteiger partial charge in [0.1, 0.15) is 6.04 Å². The van der Waals surface area contributed by atoms with Gasteiger partial charge in [0.25, 0.3) is 5.56 Å². The second-order valence-electron chi connectivity index (χ2n) is 6.21. The van der Waals surface area contributed by atoms with Crippen LogP contribution in [-0.2, 0) is 9.53 Å². The van der Waals surface area contributed by atoms with Crippen molar-refractivity contribution < 1.29 is 9.53 Å². The van der Waals surface area contributed by atoms with Crippen LogP contribution in [0, 0.1) is 19.8 Å². The molecule has 118 valence electrons. The molecule has 0 N–H and O–H groups in total. The molecule has 0 radical (unpaired) electrons. The summed E-state index contributed by atoms with van der Waals surface area (Å²) in [5.41, 5.74) is 2.53. The van der Waals surface area contributed by atoms with Crippen LogP contribution in [0.5, 0.6) is 0 Å². The van der Waals surface area contributed by atoms with Crippen LogP contribution in [0.2, 0.25) is 0 Å². The van der Waals surface area contributed by atoms with Crippen molar-refractivity contribution in [3.63, 3.8) is 0 Å². The van der Waals surface area contributed by atoms with E-state index in [9.17, 15) is 9.59 Å². The molecule has 0 fully saturated rings. The van der Waals surface area contributed by atoms with Gasteiger partial charge in [-0.05, 0) is 37.8 Å². The van der Waals surface area contributed by atoms with Crippen molar-refractivity contribution >= 4 is 16.9 Å². The van der Waals surface area contributed by atoms with E-state index in [4.69, 9.17) is 4.74 Å². The SMILES string of the molecule is Cc1cc(=O)n(C(C)C(=O)OCC(C)C)c2c(C)cccc12. The molecule has 1 aromatic carbocycles. The van der Waals surface area contributed by atoms with E-state index < -0.39 is 6.04 Å². The number of rotatable bonds is 4. The number of carbonyl (C=O) groups is 1. The maximum Gasteiger partial charge on any atom is 0.328 e. The van der Waals surface area contributed by atoms with Crippen LogP contribution in [0.15, 0.2) is 29.1 Å². The Kier molecular flexibility index (Phi) is 4.69. The third-order valence-electron chi connectivity index (χ3n) is 3.77. The van der Waals surface area contributed by atoms with Gasteiger partial charge in [-0.15, -0.1) is 0 Å². The number of benzene rings is 1. The number of aryl methyl sites for hydroxylation is 2. The first-order valence-electron chi connectivity index (χ1n) is 7.61. The quantitative estimate of drug-likeness (QED) is 0.813. The molecule has 1 aromatic heterocycles. The van der Waals surface area contributed by atoms with E-state index in [2.05, 4.69) is 0 Å². The Bertz CT molecular complexity index is 759. The number of carbonyl (C=O) groups excluding carboxylic acids is 1. The van der Waals surface area contributed by atoms with Gasteiger partial charge >= 0.3 is 5.97 Å². The Labute approximate surface area is 130 Å². The van der Waals surface area contributed by atoms with Gasteiger partial charge in [-0.25, -0.2) is 4.79 Å². The van der Waals surface area contributed by atoms with Gasteiger partial charge in [-0.3, -0.25) is 9.36 Å². The first kappa shape index (κ1) is 16.3. The van der Waals surface area contributed by atoms with Crippen LogP contribution in [0.1, 0.15) is 37.9 Å². The number of hydrogen-bond acceptors (Lipinski definition) is 3. The van der Waals surface area contributed by atoms with Gasteiger partial charge in [-0.1, -0.05) is 32.0 Å². The Morgan fingerprint density at radius 2 is 1.86 bits per heavy atom. The average Bonchev–Trinajstić information content (AvgIpc) is 2.45. The van der Waals surface area contributed by atoms with E-state index in [-0.39, 0.29) is 17.4 Å². The Hall–Kier alpha value is -2.10. The van der Waals surface area contributed by atoms with Crippen LogP contribution < -0.4 is 5.56 Å². The Morgan fingerprint density at radius 1 is 1.18 bits per heavy atom. The minimum atomic E-state index is -0.643. The van der Waals surface area contributed by atoms with Gasteiger partial charge in [0.15, 0.2) is 0 Å². The normalized spacial score (nSPS) is 12.6. The highest BCUT2D eigenvalue weighted by atomic mass is 16.5. The molecule has 4 nitrogen and oxygen atoms in total. The molecule has 0 aliphatic carbocycles. The predicted octanol–water partition coefficient (Wildman–Crippen LogP) is 3.38. The van der Waals surface area contributed by atoms with E-state index in [1.165, 1.54) is 0 Å². The van der Waals surface area contributed by atoms with Gasteiger partial charge < -0.3 is 4.74 Å². The lowest BCUT2D eigenvalue weighted by atomic mass is 10.1. The monoisotopic (exact) mass is 301 g/mol. The minimum Gasteiger partial charge on any atom is -0.464 e. The van der Waals surface area contributed by atoms with Crippen molar-refractivity contribution in [1.82, 2.24) is 4.57 Å². The van der Waals surface area contributed by atoms with Crippen LogP contribution in [0.3, 0.4) is 0 Å². The zero-order valence-corrected chi connectivity index (χ0v) is 13.8. The zero-order chi connectivity index (χ0) is 16.4. The molecule has 0 spiro atoms. The van der Waals surface area contributed by atoms with Crippen molar-refractivity contribution in [3.8, 4) is 0 Å². The summed E-state index contributed by atoms with van der Waals surface area (Å²) in [6, 6.07) is 6.81. The van der Waals surface area contributed by atoms with E-state index in [0.29, 0.717) is 6.61 Å². The lowest BCUT2D eigenvalue weighted by Gasteiger charge is -2.19. The molecule has 0 amide bonds. The maximum absolute atomic E-state index is 12.4. The van der Waals surface area contributed by atoms with E-state index in [1.807, 2.05) is 45.9 Å². The summed E-state index contributed by atoms with van der Waals surface area (Å²) in [6.07, 6.45) is 0. The van der Waals surface area contributed by atoms with Crippen molar-refractivity contribution in [2.24, 2.45) is 5.92 Å². The Balaban J connectivity index is 2.55. The number of fused-ring (bicyclic) bond motifs is 1. The van der Waals surface area contributed by atoms with E-state index >= 15 is 0 Å². The average molecular weight is 301 g/mol. The van der Waals surface area contributed by atoms with E-state index in [0.717, 1.165) is 22.0 Å². The maximum atomic E-state index is 12.4. The number of nitrogens with zero attached hydrogens (tertiary/aromatic N) is 1. The van der Waals surface area contributed by atoms with Crippen molar-refractivity contribution in [3.05, 3.63) is 45.7 Å². The number of hydrogen-bond donors (Lipinski definition) is 0. The third kappa shape index (κ3) is 3.06. The first-order valence-corrected chi connectivity index (χ1v) is 7.61. The number of ether oxygens (including phenoxy) is 1. The molecular weight excluding hydrogens is 278 g/mol. The zero-order valence-electron chi connectivity index (χ0n) is 13.8. The molecule has 0 saturated heterocycles. The smallest absolute Gasteiger partial charge is 0.328 e. The largest absolute Gasteiger partial charge is 0.464 e. The summed E-state index contributed by atoms with van der Waals surface area (Å²) in [6.45, 7) is 9.90. The van der Waals surface area contributed by atoms with Crippen molar-refractivity contribution in [2.75, 3.05) is 6.61 Å². The second kappa shape index (κ2) is 6.34. The topological polar surface area (TPSA) is 48.3 Å². The molecule has 0 bridgehead atoms. The molecule has 2 aromatic rings. The summed E-state index contributed by atoms with van der Waals surface area (Å²) in [4.78, 5) is 24.7. The molecule has 22 heavy (non-hydrogen) atoms. The van der Waals surface area contributed by atoms with Gasteiger partial charge in [-0.2, -0.15) is 0 Å². The van der Waals surface area contributed by atoms with Gasteiger partial charge in [0, 0.05) is 11.5 Å². The number of esters is 1. The molecule has 2 rings (SSSR count). The number of para-hydroxylation sites is 1. The highest BCUT2D eigenvalue weighted by Gasteiger charge is 2.21. The van der Waals surface area contributed by atoms with Crippen molar-refractivity contribution in [2.45, 2.75) is 40.7 Å². The molecular formula is C18H23NO3. The second-order valence-corrected chi connectivity index (χ2v) is 6.21. The third-order valence-corrected chi connectivity index (χ3v) is 3.77. The summed E-state index contributed by atoms with van der Waals surface area (Å²) in [5, 5.41) is 0.989. The molecule has 1 heterocycles. The van der Waals surface area contributed by atoms with Crippen LogP contribution >= 0.6 is 0 Å². The molecule has 1 atom stereocenters. The van der Waals surface area contributed by atoms with Crippen LogP contribution in [0.25, 0.3) is 10.9 Å². The molecule has 4 heteroatoms. The van der Waals surface area contributed by atoms with Crippen LogP contribution in [-0.4, -0.2) is 17.1 Å². The van der Waals surface area contributed by atoms with Gasteiger partial charge in [0.2, 0.25) is 0 Å². The lowest BCUT2D eigenvalue weighted by Crippen LogP contribution is -2.30. The highest BCUT2D eigenvalue weighted by Crippen LogP contribution is 2.23. The molecule has 0 aliphatic heterocycles. The molecule has 1 unspecified atom stereocenters. The predicted molar refractivity (Wildman–Crippen MR) is 88.2 cm³/mol. The first-order chi connectivity index (χ1) is 10.3. The van der Waals surface area contributed by atoms with E-state index in [1.54, 1.807) is 17.6 Å². The lowest BCUT2D eigenvalue weighted by molar-refractivity contribution is -0.148. The minimum absolute atomic E-state index is 0.173. The summed E-state index contributed by atoms with van der Waals surface area (Å²) < 4.78 is 6.84. The van der Waals surface area contributed by atoms with Crippen molar-refractivity contribution in [1.29, 1.82) is 0 Å². The van der Waals surface area contributed by atoms with Crippen LogP contribution in [0.4, 0.5) is 0 Å². The highest BCUT2D eigenvalue weighted by molar-refractivity contribution is 5.87. The fraction of sp³-hybridized carbons (Fsp3) is 0.444. The number of aromatic nitrogens is 1. The fourth-order valence-electron chi connectivity index (χ4n) is 2.60. The summed E-state index contributed by atoms with van der Waals surface area (Å²) >= 11 is 0. The summed E-state index contributed by atoms with van der Waals surface area (Å²) in [7, 11) is 0. The Morgan fingerprint density at radius 3 is 2.50 bits per heavy atom. The standard InChI is InChI=1S/C18H23NO3/c1-11(2)10-22-18(21)14(5)19-16(20)9-13(4)15-8-6-7-12(3)17(15)19/h6-9,11,14H,10H2,1-5H3. The fourth-order valence-corrected chi connectivity index (χ4v) is 2.60. The molecule has 0 saturated carbocycles. The number of pyridine rings is 1.